The molecule has 0 saturated carbocycles. The molecule has 4 nitrogen and oxygen atoms in total. The summed E-state index contributed by atoms with van der Waals surface area (Å²) in [6.07, 6.45) is 1.44. The zero-order chi connectivity index (χ0) is 16.4. The number of hydrogen-bond acceptors (Lipinski definition) is 2. The van der Waals surface area contributed by atoms with E-state index in [-0.39, 0.29) is 16.3 Å². The summed E-state index contributed by atoms with van der Waals surface area (Å²) in [6, 6.07) is 15.8. The number of carboxylic acids is 1. The number of hydrogen-bond donors (Lipinski definition) is 2. The molecule has 0 bridgehead atoms. The van der Waals surface area contributed by atoms with Gasteiger partial charge in [-0.3, -0.25) is 4.79 Å². The van der Waals surface area contributed by atoms with Crippen LogP contribution in [-0.4, -0.2) is 16.1 Å². The lowest BCUT2D eigenvalue weighted by atomic mass is 10.0. The molecule has 0 saturated heterocycles. The Morgan fingerprint density at radius 1 is 1.04 bits per heavy atom. The fourth-order valence-corrected chi connectivity index (χ4v) is 2.69. The first-order valence-corrected chi connectivity index (χ1v) is 7.26. The molecular weight excluding hydrogens is 314 g/mol. The Kier molecular flexibility index (Phi) is 4.00. The van der Waals surface area contributed by atoms with E-state index in [1.165, 1.54) is 6.08 Å². The first-order valence-electron chi connectivity index (χ1n) is 6.89. The predicted octanol–water partition coefficient (Wildman–Crippen LogP) is 3.81. The number of H-pyrrole nitrogens is 1. The summed E-state index contributed by atoms with van der Waals surface area (Å²) in [4.78, 5) is 27.2. The van der Waals surface area contributed by atoms with Crippen LogP contribution in [0.2, 0.25) is 5.15 Å². The molecule has 23 heavy (non-hydrogen) atoms. The van der Waals surface area contributed by atoms with Gasteiger partial charge in [0.1, 0.15) is 5.15 Å². The van der Waals surface area contributed by atoms with Crippen LogP contribution < -0.4 is 5.43 Å². The van der Waals surface area contributed by atoms with Crippen LogP contribution in [0, 0.1) is 0 Å². The zero-order valence-corrected chi connectivity index (χ0v) is 12.7. The minimum absolute atomic E-state index is 0.0123. The summed E-state index contributed by atoms with van der Waals surface area (Å²) >= 11 is 6.15. The summed E-state index contributed by atoms with van der Waals surface area (Å²) in [5.41, 5.74) is 0.646. The molecular formula is C18H12ClNO3. The summed E-state index contributed by atoms with van der Waals surface area (Å²) in [7, 11) is 0. The number of aromatic nitrogens is 1. The third-order valence-corrected chi connectivity index (χ3v) is 3.76. The van der Waals surface area contributed by atoms with Crippen LogP contribution in [0.4, 0.5) is 0 Å². The van der Waals surface area contributed by atoms with Gasteiger partial charge in [-0.25, -0.2) is 4.79 Å². The highest BCUT2D eigenvalue weighted by atomic mass is 35.5. The first kappa shape index (κ1) is 15.1. The molecule has 1 heterocycles. The maximum absolute atomic E-state index is 12.7. The summed E-state index contributed by atoms with van der Waals surface area (Å²) in [6.45, 7) is 0. The molecule has 2 aromatic carbocycles. The molecule has 0 unspecified atom stereocenters. The number of fused-ring (bicyclic) bond motifs is 1. The maximum Gasteiger partial charge on any atom is 0.336 e. The van der Waals surface area contributed by atoms with E-state index in [0.29, 0.717) is 16.5 Å². The second kappa shape index (κ2) is 6.10. The standard InChI is InChI=1S/C18H12ClNO3/c19-17-15(16(21)12-8-4-5-9-14(12)20-17)13(18(22)23)10-11-6-2-1-3-7-11/h1-10H,(H,20,21)(H,22,23)/b13-10-. The van der Waals surface area contributed by atoms with Crippen LogP contribution in [0.15, 0.2) is 59.4 Å². The van der Waals surface area contributed by atoms with E-state index in [1.807, 2.05) is 6.07 Å². The van der Waals surface area contributed by atoms with Gasteiger partial charge in [-0.2, -0.15) is 0 Å². The summed E-state index contributed by atoms with van der Waals surface area (Å²) in [5, 5.41) is 9.94. The van der Waals surface area contributed by atoms with Crippen molar-refractivity contribution in [3.05, 3.63) is 81.1 Å². The topological polar surface area (TPSA) is 70.2 Å². The van der Waals surface area contributed by atoms with E-state index >= 15 is 0 Å². The third kappa shape index (κ3) is 2.89. The van der Waals surface area contributed by atoms with Gasteiger partial charge in [-0.05, 0) is 23.8 Å². The van der Waals surface area contributed by atoms with Gasteiger partial charge in [0.2, 0.25) is 0 Å². The van der Waals surface area contributed by atoms with Crippen LogP contribution in [0.5, 0.6) is 0 Å². The molecule has 114 valence electrons. The van der Waals surface area contributed by atoms with Gasteiger partial charge in [0, 0.05) is 5.39 Å². The van der Waals surface area contributed by atoms with Crippen molar-refractivity contribution in [2.75, 3.05) is 0 Å². The molecule has 3 rings (SSSR count). The summed E-state index contributed by atoms with van der Waals surface area (Å²) < 4.78 is 0. The van der Waals surface area contributed by atoms with Gasteiger partial charge in [-0.1, -0.05) is 54.1 Å². The number of nitrogens with one attached hydrogen (secondary N) is 1. The Morgan fingerprint density at radius 3 is 2.39 bits per heavy atom. The Bertz CT molecular complexity index is 974. The molecule has 0 aliphatic heterocycles. The van der Waals surface area contributed by atoms with Crippen molar-refractivity contribution in [1.82, 2.24) is 4.98 Å². The van der Waals surface area contributed by atoms with Gasteiger partial charge in [0.15, 0.2) is 5.43 Å². The molecule has 0 aliphatic carbocycles. The molecule has 1 aromatic heterocycles. The third-order valence-electron chi connectivity index (χ3n) is 3.47. The Morgan fingerprint density at radius 2 is 1.70 bits per heavy atom. The van der Waals surface area contributed by atoms with Crippen molar-refractivity contribution in [2.24, 2.45) is 0 Å². The maximum atomic E-state index is 12.7. The van der Waals surface area contributed by atoms with Crippen molar-refractivity contribution in [3.63, 3.8) is 0 Å². The van der Waals surface area contributed by atoms with Crippen molar-refractivity contribution in [1.29, 1.82) is 0 Å². The number of aliphatic carboxylic acids is 1. The van der Waals surface area contributed by atoms with Crippen LogP contribution in [-0.2, 0) is 4.79 Å². The fraction of sp³-hybridized carbons (Fsp3) is 0. The van der Waals surface area contributed by atoms with Crippen molar-refractivity contribution in [3.8, 4) is 0 Å². The highest BCUT2D eigenvalue weighted by molar-refractivity contribution is 6.34. The van der Waals surface area contributed by atoms with Crippen molar-refractivity contribution in [2.45, 2.75) is 0 Å². The molecule has 0 fully saturated rings. The minimum Gasteiger partial charge on any atom is -0.478 e. The van der Waals surface area contributed by atoms with Gasteiger partial charge in [0.05, 0.1) is 16.7 Å². The average molecular weight is 326 g/mol. The minimum atomic E-state index is -1.21. The Hall–Kier alpha value is -2.85. The Labute approximate surface area is 136 Å². The van der Waals surface area contributed by atoms with Gasteiger partial charge >= 0.3 is 5.97 Å². The van der Waals surface area contributed by atoms with Crippen molar-refractivity contribution >= 4 is 40.1 Å². The fourth-order valence-electron chi connectivity index (χ4n) is 2.40. The normalized spacial score (nSPS) is 11.6. The lowest BCUT2D eigenvalue weighted by Gasteiger charge is -2.08. The molecule has 0 aliphatic rings. The highest BCUT2D eigenvalue weighted by Gasteiger charge is 2.20. The highest BCUT2D eigenvalue weighted by Crippen LogP contribution is 2.24. The lowest BCUT2D eigenvalue weighted by Crippen LogP contribution is -2.15. The number of para-hydroxylation sites is 1. The van der Waals surface area contributed by atoms with E-state index in [9.17, 15) is 14.7 Å². The first-order chi connectivity index (χ1) is 11.1. The smallest absolute Gasteiger partial charge is 0.336 e. The van der Waals surface area contributed by atoms with Crippen LogP contribution >= 0.6 is 11.6 Å². The molecule has 3 aromatic rings. The van der Waals surface area contributed by atoms with Crippen LogP contribution in [0.3, 0.4) is 0 Å². The summed E-state index contributed by atoms with van der Waals surface area (Å²) in [5.74, 6) is -1.21. The van der Waals surface area contributed by atoms with Gasteiger partial charge < -0.3 is 10.1 Å². The number of rotatable bonds is 3. The molecule has 0 spiro atoms. The largest absolute Gasteiger partial charge is 0.478 e. The number of aromatic amines is 1. The van der Waals surface area contributed by atoms with Crippen LogP contribution in [0.1, 0.15) is 11.1 Å². The number of pyridine rings is 1. The van der Waals surface area contributed by atoms with Crippen molar-refractivity contribution < 1.29 is 9.90 Å². The number of benzene rings is 2. The second-order valence-corrected chi connectivity index (χ2v) is 5.34. The molecule has 0 amide bonds. The molecule has 5 heteroatoms. The SMILES string of the molecule is O=C(O)/C(=C\c1ccccc1)c1c(Cl)[nH]c2ccccc2c1=O. The van der Waals surface area contributed by atoms with Gasteiger partial charge in [0.25, 0.3) is 0 Å². The molecule has 0 radical (unpaired) electrons. The van der Waals surface area contributed by atoms with E-state index in [1.54, 1.807) is 48.5 Å². The monoisotopic (exact) mass is 325 g/mol. The Balaban J connectivity index is 2.30. The van der Waals surface area contributed by atoms with Gasteiger partial charge in [-0.15, -0.1) is 0 Å². The van der Waals surface area contributed by atoms with E-state index < -0.39 is 11.4 Å². The number of carbonyl (C=O) groups is 1. The van der Waals surface area contributed by atoms with Crippen LogP contribution in [0.25, 0.3) is 22.6 Å². The zero-order valence-electron chi connectivity index (χ0n) is 11.9. The van der Waals surface area contributed by atoms with E-state index in [4.69, 9.17) is 11.6 Å². The van der Waals surface area contributed by atoms with E-state index in [2.05, 4.69) is 4.98 Å². The molecule has 2 N–H and O–H groups in total. The predicted molar refractivity (Wildman–Crippen MR) is 91.5 cm³/mol. The lowest BCUT2D eigenvalue weighted by molar-refractivity contribution is -0.130. The average Bonchev–Trinajstić information content (AvgIpc) is 2.54. The molecule has 0 atom stereocenters. The second-order valence-electron chi connectivity index (χ2n) is 4.96. The van der Waals surface area contributed by atoms with E-state index in [0.717, 1.165) is 0 Å². The number of halogens is 1. The number of carboxylic acid groups (broad SMARTS) is 1. The quantitative estimate of drug-likeness (QED) is 0.568.